The maximum Gasteiger partial charge on any atom is 0.168 e. The normalized spacial score (nSPS) is 10.5. The third-order valence-electron chi connectivity index (χ3n) is 3.84. The average molecular weight is 353 g/mol. The number of aromatic nitrogens is 3. The molecule has 0 N–H and O–H groups in total. The zero-order valence-corrected chi connectivity index (χ0v) is 14.7. The van der Waals surface area contributed by atoms with E-state index in [1.807, 2.05) is 37.1 Å². The van der Waals surface area contributed by atoms with Crippen molar-refractivity contribution >= 4 is 28.8 Å². The summed E-state index contributed by atoms with van der Waals surface area (Å²) in [5.41, 5.74) is 3.95. The van der Waals surface area contributed by atoms with Crippen LogP contribution in [0.15, 0.2) is 55.2 Å². The highest BCUT2D eigenvalue weighted by Crippen LogP contribution is 2.27. The van der Waals surface area contributed by atoms with Crippen LogP contribution in [-0.2, 0) is 6.42 Å². The predicted octanol–water partition coefficient (Wildman–Crippen LogP) is 4.03. The van der Waals surface area contributed by atoms with Crippen LogP contribution in [0.3, 0.4) is 0 Å². The third kappa shape index (κ3) is 4.19. The number of Topliss-reactive ketones (excluding diaryl/α,β-unsaturated/α-hetero) is 1. The number of anilines is 2. The number of aryl methyl sites for hydroxylation is 1. The van der Waals surface area contributed by atoms with E-state index in [-0.39, 0.29) is 12.2 Å². The minimum absolute atomic E-state index is 0.0298. The zero-order valence-electron chi connectivity index (χ0n) is 14.0. The van der Waals surface area contributed by atoms with Crippen LogP contribution < -0.4 is 4.90 Å². The van der Waals surface area contributed by atoms with Gasteiger partial charge in [-0.25, -0.2) is 9.97 Å². The molecule has 1 aromatic carbocycles. The van der Waals surface area contributed by atoms with Crippen molar-refractivity contribution in [1.29, 1.82) is 0 Å². The molecule has 126 valence electrons. The van der Waals surface area contributed by atoms with Gasteiger partial charge in [0.25, 0.3) is 0 Å². The fourth-order valence-electron chi connectivity index (χ4n) is 2.41. The number of halogens is 1. The van der Waals surface area contributed by atoms with E-state index in [9.17, 15) is 4.79 Å². The van der Waals surface area contributed by atoms with Crippen molar-refractivity contribution in [3.63, 3.8) is 0 Å². The van der Waals surface area contributed by atoms with Crippen LogP contribution in [0.2, 0.25) is 5.02 Å². The monoisotopic (exact) mass is 352 g/mol. The third-order valence-corrected chi connectivity index (χ3v) is 4.06. The summed E-state index contributed by atoms with van der Waals surface area (Å²) in [5.74, 6) is -0.0298. The first-order valence-electron chi connectivity index (χ1n) is 7.77. The van der Waals surface area contributed by atoms with Gasteiger partial charge in [0.05, 0.1) is 24.5 Å². The predicted molar refractivity (Wildman–Crippen MR) is 98.6 cm³/mol. The average Bonchev–Trinajstić information content (AvgIpc) is 2.63. The molecular weight excluding hydrogens is 336 g/mol. The van der Waals surface area contributed by atoms with E-state index in [0.29, 0.717) is 10.6 Å². The van der Waals surface area contributed by atoms with Crippen molar-refractivity contribution in [2.24, 2.45) is 0 Å². The molecule has 3 rings (SSSR count). The van der Waals surface area contributed by atoms with Gasteiger partial charge in [-0.15, -0.1) is 0 Å². The molecule has 2 aromatic heterocycles. The summed E-state index contributed by atoms with van der Waals surface area (Å²) in [6.07, 6.45) is 6.86. The molecule has 0 unspecified atom stereocenters. The minimum Gasteiger partial charge on any atom is -0.342 e. The topological polar surface area (TPSA) is 59.0 Å². The van der Waals surface area contributed by atoms with Crippen molar-refractivity contribution in [3.05, 3.63) is 77.1 Å². The Labute approximate surface area is 151 Å². The molecule has 6 heteroatoms. The lowest BCUT2D eigenvalue weighted by Gasteiger charge is -2.19. The van der Waals surface area contributed by atoms with Gasteiger partial charge in [0.1, 0.15) is 6.33 Å². The smallest absolute Gasteiger partial charge is 0.168 e. The first kappa shape index (κ1) is 17.0. The fourth-order valence-corrected chi connectivity index (χ4v) is 2.64. The van der Waals surface area contributed by atoms with Gasteiger partial charge in [-0.1, -0.05) is 17.7 Å². The molecule has 3 aromatic rings. The molecule has 0 aliphatic rings. The molecule has 0 atom stereocenters. The number of ketones is 1. The highest BCUT2D eigenvalue weighted by molar-refractivity contribution is 6.31. The summed E-state index contributed by atoms with van der Waals surface area (Å²) in [6, 6.07) is 9.11. The second kappa shape index (κ2) is 7.40. The lowest BCUT2D eigenvalue weighted by Crippen LogP contribution is -2.12. The molecule has 0 amide bonds. The van der Waals surface area contributed by atoms with Crippen LogP contribution in [0.25, 0.3) is 0 Å². The molecular formula is C19H17ClN4O. The number of carbonyl (C=O) groups excluding carboxylic acids is 1. The Balaban J connectivity index is 1.86. The molecule has 5 nitrogen and oxygen atoms in total. The maximum atomic E-state index is 12.6. The standard InChI is InChI=1S/C19H17ClN4O/c1-13-3-4-16(23-9-13)8-19(25)14-5-15(20)7-17(6-14)24(2)18-10-21-12-22-11-18/h3-7,9-12H,8H2,1-2H3. The van der Waals surface area contributed by atoms with Gasteiger partial charge in [-0.05, 0) is 36.8 Å². The van der Waals surface area contributed by atoms with E-state index in [1.54, 1.807) is 30.7 Å². The number of hydrogen-bond donors (Lipinski definition) is 0. The number of carbonyl (C=O) groups is 1. The van der Waals surface area contributed by atoms with Gasteiger partial charge in [0.15, 0.2) is 5.78 Å². The molecule has 2 heterocycles. The Morgan fingerprint density at radius 2 is 1.84 bits per heavy atom. The van der Waals surface area contributed by atoms with Gasteiger partial charge >= 0.3 is 0 Å². The van der Waals surface area contributed by atoms with E-state index in [0.717, 1.165) is 22.6 Å². The highest BCUT2D eigenvalue weighted by Gasteiger charge is 2.13. The Bertz CT molecular complexity index is 882. The van der Waals surface area contributed by atoms with Gasteiger partial charge in [-0.2, -0.15) is 0 Å². The summed E-state index contributed by atoms with van der Waals surface area (Å²) in [5, 5.41) is 0.501. The number of hydrogen-bond acceptors (Lipinski definition) is 5. The SMILES string of the molecule is Cc1ccc(CC(=O)c2cc(Cl)cc(N(C)c3cncnc3)c2)nc1. The summed E-state index contributed by atoms with van der Waals surface area (Å²) in [6.45, 7) is 1.96. The molecule has 0 fully saturated rings. The molecule has 0 radical (unpaired) electrons. The van der Waals surface area contributed by atoms with Gasteiger partial charge < -0.3 is 4.90 Å². The van der Waals surface area contributed by atoms with E-state index in [1.165, 1.54) is 6.33 Å². The lowest BCUT2D eigenvalue weighted by atomic mass is 10.0. The summed E-state index contributed by atoms with van der Waals surface area (Å²) in [7, 11) is 1.88. The van der Waals surface area contributed by atoms with E-state index in [4.69, 9.17) is 11.6 Å². The van der Waals surface area contributed by atoms with Crippen molar-refractivity contribution < 1.29 is 4.79 Å². The highest BCUT2D eigenvalue weighted by atomic mass is 35.5. The van der Waals surface area contributed by atoms with E-state index >= 15 is 0 Å². The molecule has 0 aliphatic heterocycles. The summed E-state index contributed by atoms with van der Waals surface area (Å²) >= 11 is 6.22. The second-order valence-electron chi connectivity index (χ2n) is 5.78. The summed E-state index contributed by atoms with van der Waals surface area (Å²) in [4.78, 5) is 26.8. The maximum absolute atomic E-state index is 12.6. The second-order valence-corrected chi connectivity index (χ2v) is 6.22. The van der Waals surface area contributed by atoms with Crippen LogP contribution in [0.4, 0.5) is 11.4 Å². The number of nitrogens with zero attached hydrogens (tertiary/aromatic N) is 4. The Morgan fingerprint density at radius 3 is 2.52 bits per heavy atom. The molecule has 25 heavy (non-hydrogen) atoms. The Morgan fingerprint density at radius 1 is 1.08 bits per heavy atom. The quantitative estimate of drug-likeness (QED) is 0.649. The Hall–Kier alpha value is -2.79. The molecule has 0 spiro atoms. The largest absolute Gasteiger partial charge is 0.342 e. The first-order chi connectivity index (χ1) is 12.0. The van der Waals surface area contributed by atoms with Crippen molar-refractivity contribution in [2.45, 2.75) is 13.3 Å². The fraction of sp³-hybridized carbons (Fsp3) is 0.158. The Kier molecular flexibility index (Phi) is 5.05. The van der Waals surface area contributed by atoms with Gasteiger partial charge in [0, 0.05) is 35.2 Å². The lowest BCUT2D eigenvalue weighted by molar-refractivity contribution is 0.0992. The minimum atomic E-state index is -0.0298. The van der Waals surface area contributed by atoms with Crippen LogP contribution in [0.1, 0.15) is 21.6 Å². The zero-order chi connectivity index (χ0) is 17.8. The number of benzene rings is 1. The first-order valence-corrected chi connectivity index (χ1v) is 8.15. The number of pyridine rings is 1. The van der Waals surface area contributed by atoms with Crippen molar-refractivity contribution in [1.82, 2.24) is 15.0 Å². The van der Waals surface area contributed by atoms with Crippen LogP contribution in [-0.4, -0.2) is 27.8 Å². The van der Waals surface area contributed by atoms with Crippen LogP contribution >= 0.6 is 11.6 Å². The van der Waals surface area contributed by atoms with E-state index < -0.39 is 0 Å². The molecule has 0 saturated heterocycles. The van der Waals surface area contributed by atoms with Gasteiger partial charge in [-0.3, -0.25) is 9.78 Å². The van der Waals surface area contributed by atoms with Crippen molar-refractivity contribution in [3.8, 4) is 0 Å². The molecule has 0 aliphatic carbocycles. The van der Waals surface area contributed by atoms with Crippen LogP contribution in [0, 0.1) is 6.92 Å². The van der Waals surface area contributed by atoms with Crippen LogP contribution in [0.5, 0.6) is 0 Å². The molecule has 0 saturated carbocycles. The number of rotatable bonds is 5. The van der Waals surface area contributed by atoms with Crippen molar-refractivity contribution in [2.75, 3.05) is 11.9 Å². The summed E-state index contributed by atoms with van der Waals surface area (Å²) < 4.78 is 0. The molecule has 0 bridgehead atoms. The van der Waals surface area contributed by atoms with E-state index in [2.05, 4.69) is 15.0 Å². The van der Waals surface area contributed by atoms with Gasteiger partial charge in [0.2, 0.25) is 0 Å².